The zero-order chi connectivity index (χ0) is 30.1. The van der Waals surface area contributed by atoms with Crippen LogP contribution in [0.15, 0.2) is 72.4 Å². The van der Waals surface area contributed by atoms with Gasteiger partial charge in [-0.2, -0.15) is 0 Å². The molecule has 4 heterocycles. The molecule has 1 aliphatic rings. The Kier molecular flexibility index (Phi) is 8.10. The smallest absolute Gasteiger partial charge is 0.258 e. The van der Waals surface area contributed by atoms with Gasteiger partial charge in [0, 0.05) is 28.6 Å². The van der Waals surface area contributed by atoms with Gasteiger partial charge in [-0.1, -0.05) is 44.2 Å². The van der Waals surface area contributed by atoms with Gasteiger partial charge < -0.3 is 16.0 Å². The van der Waals surface area contributed by atoms with Gasteiger partial charge in [0.25, 0.3) is 11.8 Å². The van der Waals surface area contributed by atoms with Crippen LogP contribution in [0.1, 0.15) is 62.7 Å². The van der Waals surface area contributed by atoms with E-state index in [9.17, 15) is 9.59 Å². The normalized spacial score (nSPS) is 12.4. The van der Waals surface area contributed by atoms with Crippen molar-refractivity contribution >= 4 is 55.7 Å². The molecular weight excluding hydrogens is 575 g/mol. The predicted octanol–water partition coefficient (Wildman–Crippen LogP) is 6.99. The monoisotopic (exact) mass is 607 g/mol. The van der Waals surface area contributed by atoms with Gasteiger partial charge in [0.2, 0.25) is 0 Å². The third-order valence-corrected chi connectivity index (χ3v) is 9.59. The van der Waals surface area contributed by atoms with Crippen molar-refractivity contribution in [3.05, 3.63) is 105 Å². The summed E-state index contributed by atoms with van der Waals surface area (Å²) in [5.74, 6) is -0.754. The molecule has 2 amide bonds. The van der Waals surface area contributed by atoms with Crippen molar-refractivity contribution in [1.82, 2.24) is 14.5 Å². The van der Waals surface area contributed by atoms with Crippen molar-refractivity contribution in [3.8, 4) is 10.4 Å². The average Bonchev–Trinajstić information content (AvgIpc) is 3.79. The molecule has 0 bridgehead atoms. The Hall–Kier alpha value is -4.34. The number of carbonyl (C=O) groups is 2. The molecule has 0 saturated heterocycles. The highest BCUT2D eigenvalue weighted by atomic mass is 32.1. The number of pyridine rings is 1. The average molecular weight is 608 g/mol. The van der Waals surface area contributed by atoms with Crippen LogP contribution in [0.25, 0.3) is 31.7 Å². The second-order valence-electron chi connectivity index (χ2n) is 11.3. The minimum atomic E-state index is -0.530. The van der Waals surface area contributed by atoms with E-state index in [0.717, 1.165) is 31.7 Å². The number of aromatic nitrogens is 3. The molecule has 4 N–H and O–H groups in total. The molecule has 0 spiro atoms. The number of aryl methyl sites for hydroxylation is 2. The summed E-state index contributed by atoms with van der Waals surface area (Å²) >= 11 is 2.87. The summed E-state index contributed by atoms with van der Waals surface area (Å²) in [7, 11) is 0. The van der Waals surface area contributed by atoms with Crippen LogP contribution < -0.4 is 11.5 Å². The number of primary amides is 2. The molecule has 6 aromatic rings. The number of thiophene rings is 1. The second-order valence-corrected chi connectivity index (χ2v) is 13.2. The van der Waals surface area contributed by atoms with E-state index in [0.29, 0.717) is 34.7 Å². The van der Waals surface area contributed by atoms with Crippen LogP contribution in [-0.2, 0) is 25.8 Å². The molecule has 2 aromatic carbocycles. The molecule has 43 heavy (non-hydrogen) atoms. The minimum absolute atomic E-state index is 0.276. The minimum Gasteiger partial charge on any atom is -0.366 e. The molecule has 1 aliphatic carbocycles. The number of rotatable bonds is 7. The van der Waals surface area contributed by atoms with Gasteiger partial charge >= 0.3 is 0 Å². The van der Waals surface area contributed by atoms with Gasteiger partial charge in [-0.15, -0.1) is 22.7 Å². The first kappa shape index (κ1) is 28.8. The van der Waals surface area contributed by atoms with E-state index in [-0.39, 0.29) is 5.92 Å². The van der Waals surface area contributed by atoms with Crippen molar-refractivity contribution < 1.29 is 9.59 Å². The Balaban J connectivity index is 0.000000310. The van der Waals surface area contributed by atoms with Crippen LogP contribution in [0.3, 0.4) is 0 Å². The molecule has 0 fully saturated rings. The van der Waals surface area contributed by atoms with Gasteiger partial charge in [0.15, 0.2) is 0 Å². The highest BCUT2D eigenvalue weighted by molar-refractivity contribution is 7.17. The SMILES string of the molecule is CC(C)Cc1nc2c(ccn2Cc2ccc3ncsc3c2)c(-c2ccc(C(N)=O)s2)c1C(N)=O.c1ccc2c(c1)CCC2. The molecule has 0 atom stereocenters. The first-order valence-corrected chi connectivity index (χ1v) is 16.1. The third-order valence-electron chi connectivity index (χ3n) is 7.69. The molecule has 7 nitrogen and oxygen atoms in total. The van der Waals surface area contributed by atoms with Crippen LogP contribution >= 0.6 is 22.7 Å². The fourth-order valence-electron chi connectivity index (χ4n) is 5.74. The molecule has 0 saturated carbocycles. The summed E-state index contributed by atoms with van der Waals surface area (Å²) in [5, 5.41) is 0.818. The number of thiazole rings is 1. The van der Waals surface area contributed by atoms with Gasteiger partial charge in [0.05, 0.1) is 31.9 Å². The van der Waals surface area contributed by atoms with E-state index in [1.54, 1.807) is 28.5 Å². The van der Waals surface area contributed by atoms with Crippen molar-refractivity contribution in [2.45, 2.75) is 46.1 Å². The van der Waals surface area contributed by atoms with Crippen LogP contribution in [0.2, 0.25) is 0 Å². The van der Waals surface area contributed by atoms with Crippen molar-refractivity contribution in [2.24, 2.45) is 17.4 Å². The summed E-state index contributed by atoms with van der Waals surface area (Å²) in [6, 6.07) is 20.4. The van der Waals surface area contributed by atoms with E-state index < -0.39 is 11.8 Å². The van der Waals surface area contributed by atoms with E-state index in [2.05, 4.69) is 59.8 Å². The number of nitrogens with two attached hydrogens (primary N) is 2. The van der Waals surface area contributed by atoms with Gasteiger partial charge in [-0.3, -0.25) is 9.59 Å². The lowest BCUT2D eigenvalue weighted by Crippen LogP contribution is -2.18. The van der Waals surface area contributed by atoms with E-state index in [1.165, 1.54) is 30.6 Å². The largest absolute Gasteiger partial charge is 0.366 e. The van der Waals surface area contributed by atoms with E-state index >= 15 is 0 Å². The molecule has 0 aliphatic heterocycles. The third kappa shape index (κ3) is 5.96. The Morgan fingerprint density at radius 1 is 0.977 bits per heavy atom. The first-order chi connectivity index (χ1) is 20.8. The Bertz CT molecular complexity index is 1940. The van der Waals surface area contributed by atoms with Crippen molar-refractivity contribution in [1.29, 1.82) is 0 Å². The number of hydrogen-bond acceptors (Lipinski definition) is 6. The molecule has 218 valence electrons. The molecule has 4 aromatic heterocycles. The number of amides is 2. The maximum absolute atomic E-state index is 12.7. The molecular formula is C34H33N5O2S2. The van der Waals surface area contributed by atoms with Gasteiger partial charge in [-0.05, 0) is 78.6 Å². The zero-order valence-corrected chi connectivity index (χ0v) is 25.8. The standard InChI is InChI=1S/C25H23N5O2S2.C9H10/c1-13(2)9-17-22(24(27)32)21(18-5-6-19(34-18)23(26)31)15-7-8-30(25(15)29-17)11-14-3-4-16-20(10-14)33-12-28-16;1-2-5-9-7-3-6-8(9)4-1/h3-8,10,12-13H,9,11H2,1-2H3,(H2,26,31)(H2,27,32);1-2,4-5H,3,6-7H2. The number of carbonyl (C=O) groups excluding carboxylic acids is 2. The van der Waals surface area contributed by atoms with Crippen molar-refractivity contribution in [2.75, 3.05) is 0 Å². The summed E-state index contributed by atoms with van der Waals surface area (Å²) in [6.45, 7) is 4.78. The quantitative estimate of drug-likeness (QED) is 0.203. The number of fused-ring (bicyclic) bond motifs is 3. The van der Waals surface area contributed by atoms with Crippen LogP contribution in [0.4, 0.5) is 0 Å². The Morgan fingerprint density at radius 2 is 1.74 bits per heavy atom. The highest BCUT2D eigenvalue weighted by Gasteiger charge is 2.24. The Morgan fingerprint density at radius 3 is 2.42 bits per heavy atom. The summed E-state index contributed by atoms with van der Waals surface area (Å²) in [4.78, 5) is 34.9. The van der Waals surface area contributed by atoms with Gasteiger partial charge in [-0.25, -0.2) is 9.97 Å². The number of hydrogen-bond donors (Lipinski definition) is 2. The first-order valence-electron chi connectivity index (χ1n) is 14.4. The topological polar surface area (TPSA) is 117 Å². The lowest BCUT2D eigenvalue weighted by atomic mass is 9.96. The molecule has 9 heteroatoms. The van der Waals surface area contributed by atoms with Crippen LogP contribution in [-0.4, -0.2) is 26.3 Å². The number of benzene rings is 2. The second kappa shape index (κ2) is 12.1. The lowest BCUT2D eigenvalue weighted by Gasteiger charge is -2.15. The molecule has 0 unspecified atom stereocenters. The maximum atomic E-state index is 12.7. The summed E-state index contributed by atoms with van der Waals surface area (Å²) in [6.07, 6.45) is 6.55. The molecule has 0 radical (unpaired) electrons. The summed E-state index contributed by atoms with van der Waals surface area (Å²) in [5.41, 5.74) is 21.0. The van der Waals surface area contributed by atoms with Crippen LogP contribution in [0.5, 0.6) is 0 Å². The summed E-state index contributed by atoms with van der Waals surface area (Å²) < 4.78 is 3.22. The van der Waals surface area contributed by atoms with Crippen LogP contribution in [0, 0.1) is 5.92 Å². The van der Waals surface area contributed by atoms with Gasteiger partial charge in [0.1, 0.15) is 5.65 Å². The predicted molar refractivity (Wildman–Crippen MR) is 176 cm³/mol. The zero-order valence-electron chi connectivity index (χ0n) is 24.2. The fraction of sp³-hybridized carbons (Fsp3) is 0.235. The molecule has 7 rings (SSSR count). The maximum Gasteiger partial charge on any atom is 0.258 e. The highest BCUT2D eigenvalue weighted by Crippen LogP contribution is 2.38. The van der Waals surface area contributed by atoms with E-state index in [1.807, 2.05) is 29.9 Å². The van der Waals surface area contributed by atoms with E-state index in [4.69, 9.17) is 16.5 Å². The van der Waals surface area contributed by atoms with Crippen molar-refractivity contribution in [3.63, 3.8) is 0 Å². The Labute approximate surface area is 258 Å². The number of nitrogens with zero attached hydrogens (tertiary/aromatic N) is 3. The lowest BCUT2D eigenvalue weighted by molar-refractivity contribution is 0.0993. The fourth-order valence-corrected chi connectivity index (χ4v) is 7.41.